The molecular formula is C12H11F3N2. The molecule has 0 N–H and O–H groups in total. The largest absolute Gasteiger partial charge is 0.416 e. The van der Waals surface area contributed by atoms with E-state index in [1.807, 2.05) is 0 Å². The Hall–Kier alpha value is -1.96. The van der Waals surface area contributed by atoms with Crippen LogP contribution in [0.3, 0.4) is 0 Å². The number of aromatic nitrogens is 2. The van der Waals surface area contributed by atoms with Crippen LogP contribution in [0.5, 0.6) is 0 Å². The molecule has 0 fully saturated rings. The molecule has 1 aromatic heterocycles. The van der Waals surface area contributed by atoms with Crippen LogP contribution < -0.4 is 10.7 Å². The average Bonchev–Trinajstić information content (AvgIpc) is 2.56. The third-order valence-electron chi connectivity index (χ3n) is 2.15. The van der Waals surface area contributed by atoms with E-state index in [1.54, 1.807) is 0 Å². The van der Waals surface area contributed by atoms with Crippen LogP contribution in [0.15, 0.2) is 18.0 Å². The van der Waals surface area contributed by atoms with Crippen LogP contribution in [0, 0.1) is 12.3 Å². The molecule has 0 amide bonds. The average molecular weight is 240 g/mol. The smallest absolute Gasteiger partial charge is 0.319 e. The van der Waals surface area contributed by atoms with Gasteiger partial charge in [-0.05, 0) is 13.0 Å². The van der Waals surface area contributed by atoms with Gasteiger partial charge in [0, 0.05) is 0 Å². The fourth-order valence-corrected chi connectivity index (χ4v) is 1.30. The van der Waals surface area contributed by atoms with Crippen molar-refractivity contribution in [2.75, 3.05) is 0 Å². The second kappa shape index (κ2) is 4.91. The van der Waals surface area contributed by atoms with Gasteiger partial charge in [-0.25, -0.2) is 4.98 Å². The van der Waals surface area contributed by atoms with Gasteiger partial charge >= 0.3 is 6.18 Å². The van der Waals surface area contributed by atoms with Crippen molar-refractivity contribution in [2.24, 2.45) is 0 Å². The molecule has 0 atom stereocenters. The maximum atomic E-state index is 12.6. The first kappa shape index (κ1) is 13.1. The minimum absolute atomic E-state index is 0.156. The molecule has 0 aliphatic carbocycles. The first-order valence-electron chi connectivity index (χ1n) is 4.79. The number of terminal acetylenes is 1. The number of rotatable bonds is 2. The molecule has 0 unspecified atom stereocenters. The highest BCUT2D eigenvalue weighted by molar-refractivity contribution is 5.48. The summed E-state index contributed by atoms with van der Waals surface area (Å²) >= 11 is 0. The molecule has 0 saturated carbocycles. The lowest BCUT2D eigenvalue weighted by Gasteiger charge is -2.06. The van der Waals surface area contributed by atoms with Gasteiger partial charge in [-0.1, -0.05) is 18.6 Å². The Bertz CT molecular complexity index is 570. The lowest BCUT2D eigenvalue weighted by atomic mass is 10.2. The van der Waals surface area contributed by atoms with Crippen molar-refractivity contribution in [3.8, 4) is 12.3 Å². The number of hydrogen-bond donors (Lipinski definition) is 0. The summed E-state index contributed by atoms with van der Waals surface area (Å²) in [6, 6.07) is 0. The van der Waals surface area contributed by atoms with Crippen LogP contribution >= 0.6 is 0 Å². The first-order valence-corrected chi connectivity index (χ1v) is 4.79. The van der Waals surface area contributed by atoms with Crippen LogP contribution in [0.25, 0.3) is 12.7 Å². The van der Waals surface area contributed by atoms with E-state index in [4.69, 9.17) is 6.42 Å². The van der Waals surface area contributed by atoms with Crippen molar-refractivity contribution >= 4 is 12.7 Å². The third kappa shape index (κ3) is 3.00. The number of allylic oxidation sites excluding steroid dienone is 2. The topological polar surface area (TPSA) is 17.8 Å². The molecule has 0 aromatic carbocycles. The summed E-state index contributed by atoms with van der Waals surface area (Å²) in [5.74, 6) is 2.34. The van der Waals surface area contributed by atoms with Gasteiger partial charge in [-0.15, -0.1) is 6.42 Å². The molecule has 17 heavy (non-hydrogen) atoms. The van der Waals surface area contributed by atoms with Crippen LogP contribution in [-0.2, 0) is 6.54 Å². The molecule has 0 bridgehead atoms. The van der Waals surface area contributed by atoms with Gasteiger partial charge in [0.15, 0.2) is 0 Å². The molecule has 0 aliphatic heterocycles. The van der Waals surface area contributed by atoms with Crippen molar-refractivity contribution in [1.29, 1.82) is 0 Å². The quantitative estimate of drug-likeness (QED) is 0.711. The molecule has 1 rings (SSSR count). The van der Waals surface area contributed by atoms with Gasteiger partial charge in [0.05, 0.1) is 29.1 Å². The van der Waals surface area contributed by atoms with Crippen molar-refractivity contribution in [1.82, 2.24) is 9.55 Å². The highest BCUT2D eigenvalue weighted by atomic mass is 19.4. The summed E-state index contributed by atoms with van der Waals surface area (Å²) in [6.45, 7) is 5.05. The standard InChI is InChI=1S/C12H11F3N2/c1-4-6-17-8-16-9(3)11(17)7-10(5-2)12(13,14)15/h1,5,7-8H,3,6H2,2H3/b10-5+,11-7+. The molecule has 0 aliphatic rings. The second-order valence-corrected chi connectivity index (χ2v) is 3.29. The number of nitrogens with zero attached hydrogens (tertiary/aromatic N) is 2. The summed E-state index contributed by atoms with van der Waals surface area (Å²) in [4.78, 5) is 3.84. The van der Waals surface area contributed by atoms with E-state index in [9.17, 15) is 13.2 Å². The molecule has 0 saturated heterocycles. The Morgan fingerprint density at radius 3 is 2.76 bits per heavy atom. The third-order valence-corrected chi connectivity index (χ3v) is 2.15. The predicted molar refractivity (Wildman–Crippen MR) is 60.1 cm³/mol. The van der Waals surface area contributed by atoms with Gasteiger partial charge in [0.25, 0.3) is 0 Å². The molecule has 1 heterocycles. The molecule has 0 radical (unpaired) electrons. The lowest BCUT2D eigenvalue weighted by molar-refractivity contribution is -0.0866. The normalized spacial score (nSPS) is 13.8. The summed E-state index contributed by atoms with van der Waals surface area (Å²) < 4.78 is 39.2. The van der Waals surface area contributed by atoms with Gasteiger partial charge in [0.2, 0.25) is 0 Å². The lowest BCUT2D eigenvalue weighted by Crippen LogP contribution is -2.30. The van der Waals surface area contributed by atoms with Crippen LogP contribution in [0.1, 0.15) is 6.92 Å². The van der Waals surface area contributed by atoms with Crippen molar-refractivity contribution in [2.45, 2.75) is 19.6 Å². The van der Waals surface area contributed by atoms with Crippen molar-refractivity contribution in [3.05, 3.63) is 28.7 Å². The maximum absolute atomic E-state index is 12.6. The fraction of sp³-hybridized carbons (Fsp3) is 0.250. The van der Waals surface area contributed by atoms with Gasteiger partial charge in [0.1, 0.15) is 0 Å². The van der Waals surface area contributed by atoms with Crippen molar-refractivity contribution < 1.29 is 13.2 Å². The second-order valence-electron chi connectivity index (χ2n) is 3.29. The molecule has 5 heteroatoms. The highest BCUT2D eigenvalue weighted by Crippen LogP contribution is 2.26. The Morgan fingerprint density at radius 1 is 1.65 bits per heavy atom. The molecular weight excluding hydrogens is 229 g/mol. The van der Waals surface area contributed by atoms with E-state index < -0.39 is 11.7 Å². The van der Waals surface area contributed by atoms with Crippen molar-refractivity contribution in [3.63, 3.8) is 0 Å². The molecule has 2 nitrogen and oxygen atoms in total. The summed E-state index contributed by atoms with van der Waals surface area (Å²) in [5, 5.41) is 0.539. The fourth-order valence-electron chi connectivity index (χ4n) is 1.30. The highest BCUT2D eigenvalue weighted by Gasteiger charge is 2.31. The van der Waals surface area contributed by atoms with E-state index in [1.165, 1.54) is 17.8 Å². The van der Waals surface area contributed by atoms with Crippen LogP contribution in [-0.4, -0.2) is 15.7 Å². The monoisotopic (exact) mass is 240 g/mol. The van der Waals surface area contributed by atoms with Gasteiger partial charge < -0.3 is 4.57 Å². The minimum atomic E-state index is -4.40. The Morgan fingerprint density at radius 2 is 2.29 bits per heavy atom. The minimum Gasteiger partial charge on any atom is -0.319 e. The Labute approximate surface area is 96.8 Å². The maximum Gasteiger partial charge on any atom is 0.416 e. The Balaban J connectivity index is 3.38. The SMILES string of the molecule is C#CCn1cnc(=C)/c1=C\C(=C/C)C(F)(F)F. The van der Waals surface area contributed by atoms with E-state index in [0.717, 1.165) is 12.2 Å². The number of hydrogen-bond acceptors (Lipinski definition) is 1. The van der Waals surface area contributed by atoms with Gasteiger partial charge in [-0.3, -0.25) is 0 Å². The van der Waals surface area contributed by atoms with Crippen LogP contribution in [0.4, 0.5) is 13.2 Å². The van der Waals surface area contributed by atoms with E-state index in [-0.39, 0.29) is 17.2 Å². The number of halogens is 3. The summed E-state index contributed by atoms with van der Waals surface area (Å²) in [5.41, 5.74) is -0.749. The van der Waals surface area contributed by atoms with Gasteiger partial charge in [-0.2, -0.15) is 13.2 Å². The van der Waals surface area contributed by atoms with Crippen LogP contribution in [0.2, 0.25) is 0 Å². The Kier molecular flexibility index (Phi) is 3.79. The molecule has 1 aromatic rings. The summed E-state index contributed by atoms with van der Waals surface area (Å²) in [6.07, 6.45) is 4.08. The number of alkyl halides is 3. The predicted octanol–water partition coefficient (Wildman–Crippen LogP) is 1.22. The number of imidazole rings is 1. The van der Waals surface area contributed by atoms with E-state index in [2.05, 4.69) is 17.5 Å². The van der Waals surface area contributed by atoms with E-state index in [0.29, 0.717) is 0 Å². The zero-order valence-electron chi connectivity index (χ0n) is 9.25. The zero-order valence-corrected chi connectivity index (χ0v) is 9.25. The summed E-state index contributed by atoms with van der Waals surface area (Å²) in [7, 11) is 0. The van der Waals surface area contributed by atoms with E-state index >= 15 is 0 Å². The zero-order chi connectivity index (χ0) is 13.1. The molecule has 0 spiro atoms. The first-order chi connectivity index (χ1) is 7.90. The molecule has 90 valence electrons.